The van der Waals surface area contributed by atoms with Crippen LogP contribution in [-0.2, 0) is 26.8 Å². The first-order valence-electron chi connectivity index (χ1n) is 9.35. The molecule has 0 unspecified atom stereocenters. The Balaban J connectivity index is 1.82. The van der Waals surface area contributed by atoms with E-state index in [0.717, 1.165) is 40.9 Å². The van der Waals surface area contributed by atoms with Crippen LogP contribution in [0.1, 0.15) is 73.9 Å². The zero-order chi connectivity index (χ0) is 20.7. The van der Waals surface area contributed by atoms with Gasteiger partial charge in [0, 0.05) is 6.20 Å². The van der Waals surface area contributed by atoms with Gasteiger partial charge in [0.25, 0.3) is 10.0 Å². The predicted molar refractivity (Wildman–Crippen MR) is 109 cm³/mol. The van der Waals surface area contributed by atoms with Gasteiger partial charge in [0.1, 0.15) is 0 Å². The Morgan fingerprint density at radius 3 is 2.57 bits per heavy atom. The van der Waals surface area contributed by atoms with Crippen LogP contribution in [0.5, 0.6) is 0 Å². The fraction of sp³-hybridized carbons (Fsp3) is 0.500. The zero-order valence-electron chi connectivity index (χ0n) is 16.5. The molecular weight excluding hydrogens is 396 g/mol. The number of aliphatic hydroxyl groups is 1. The van der Waals surface area contributed by atoms with Crippen LogP contribution in [0.25, 0.3) is 0 Å². The van der Waals surface area contributed by atoms with Gasteiger partial charge in [0.05, 0.1) is 16.9 Å². The van der Waals surface area contributed by atoms with E-state index in [-0.39, 0.29) is 16.7 Å². The molecule has 2 N–H and O–H groups in total. The molecule has 0 saturated heterocycles. The summed E-state index contributed by atoms with van der Waals surface area (Å²) in [6.07, 6.45) is 3.55. The van der Waals surface area contributed by atoms with Crippen LogP contribution in [-0.4, -0.2) is 24.4 Å². The maximum atomic E-state index is 12.6. The first-order valence-corrected chi connectivity index (χ1v) is 11.6. The highest BCUT2D eigenvalue weighted by atomic mass is 32.2. The third-order valence-electron chi connectivity index (χ3n) is 4.79. The monoisotopic (exact) mass is 422 g/mol. The lowest BCUT2D eigenvalue weighted by Crippen LogP contribution is -2.32. The Morgan fingerprint density at radius 1 is 1.36 bits per heavy atom. The number of hydrogen-bond donors (Lipinski definition) is 2. The lowest BCUT2D eigenvalue weighted by Gasteiger charge is -2.17. The Bertz CT molecular complexity index is 964. The fourth-order valence-electron chi connectivity index (χ4n) is 3.20. The number of hydrogen-bond acceptors (Lipinski definition) is 6. The number of thiazole rings is 1. The van der Waals surface area contributed by atoms with E-state index in [9.17, 15) is 18.3 Å². The van der Waals surface area contributed by atoms with Crippen LogP contribution in [0, 0.1) is 0 Å². The minimum atomic E-state index is -4.07. The maximum absolute atomic E-state index is 12.6. The second kappa shape index (κ2) is 7.57. The molecule has 1 saturated carbocycles. The van der Waals surface area contributed by atoms with Gasteiger partial charge in [0.2, 0.25) is 10.2 Å². The average molecular weight is 423 g/mol. The van der Waals surface area contributed by atoms with Crippen LogP contribution < -0.4 is 4.72 Å². The summed E-state index contributed by atoms with van der Waals surface area (Å²) in [5, 5.41) is 10.0. The highest BCUT2D eigenvalue weighted by Gasteiger charge is 2.30. The molecule has 0 spiro atoms. The van der Waals surface area contributed by atoms with Gasteiger partial charge in [-0.3, -0.25) is 4.79 Å². The molecule has 1 aliphatic carbocycles. The molecule has 3 rings (SSSR count). The lowest BCUT2D eigenvalue weighted by molar-refractivity contribution is -0.118. The molecule has 1 aromatic carbocycles. The van der Waals surface area contributed by atoms with Crippen molar-refractivity contribution in [2.24, 2.45) is 0 Å². The predicted octanol–water partition coefficient (Wildman–Crippen LogP) is 3.42. The van der Waals surface area contributed by atoms with Crippen molar-refractivity contribution in [2.75, 3.05) is 0 Å². The Morgan fingerprint density at radius 2 is 2.04 bits per heavy atom. The molecule has 0 aliphatic heterocycles. The lowest BCUT2D eigenvalue weighted by atomic mass is 9.89. The highest BCUT2D eigenvalue weighted by Crippen LogP contribution is 2.43. The second-order valence-electron chi connectivity index (χ2n) is 8.10. The molecule has 28 heavy (non-hydrogen) atoms. The number of amides is 1. The smallest absolute Gasteiger partial charge is 0.291 e. The van der Waals surface area contributed by atoms with Crippen molar-refractivity contribution in [1.29, 1.82) is 0 Å². The van der Waals surface area contributed by atoms with Gasteiger partial charge in [0.15, 0.2) is 0 Å². The first kappa shape index (κ1) is 21.0. The van der Waals surface area contributed by atoms with E-state index in [1.807, 2.05) is 18.2 Å². The quantitative estimate of drug-likeness (QED) is 0.713. The molecule has 1 aliphatic rings. The Hall–Kier alpha value is -1.77. The van der Waals surface area contributed by atoms with Gasteiger partial charge in [-0.05, 0) is 55.2 Å². The Labute approximate surface area is 170 Å². The molecule has 0 radical (unpaired) electrons. The van der Waals surface area contributed by atoms with Crippen molar-refractivity contribution in [3.63, 3.8) is 0 Å². The number of carbonyl (C=O) groups is 1. The number of nitrogens with zero attached hydrogens (tertiary/aromatic N) is 1. The molecule has 6 nitrogen and oxygen atoms in total. The van der Waals surface area contributed by atoms with Crippen LogP contribution in [0.4, 0.5) is 0 Å². The van der Waals surface area contributed by atoms with E-state index in [4.69, 9.17) is 0 Å². The molecule has 0 atom stereocenters. The van der Waals surface area contributed by atoms with Crippen LogP contribution in [0.3, 0.4) is 0 Å². The van der Waals surface area contributed by atoms with E-state index in [1.54, 1.807) is 13.8 Å². The van der Waals surface area contributed by atoms with Crippen molar-refractivity contribution >= 4 is 27.3 Å². The van der Waals surface area contributed by atoms with E-state index in [2.05, 4.69) is 23.6 Å². The van der Waals surface area contributed by atoms with Gasteiger partial charge in [-0.1, -0.05) is 32.0 Å². The largest absolute Gasteiger partial charge is 0.385 e. The summed E-state index contributed by atoms with van der Waals surface area (Å²) in [4.78, 5) is 16.9. The van der Waals surface area contributed by atoms with Gasteiger partial charge < -0.3 is 5.11 Å². The molecule has 1 fully saturated rings. The van der Waals surface area contributed by atoms with Crippen molar-refractivity contribution in [3.05, 3.63) is 46.0 Å². The molecule has 8 heteroatoms. The summed E-state index contributed by atoms with van der Waals surface area (Å²) in [5.74, 6) is 0.132. The molecule has 0 bridgehead atoms. The SMILES string of the molecule is CC(C)c1cccc(C2CC2)c1CC(=O)NS(=O)(=O)c1ncc(C(C)(C)O)s1. The minimum Gasteiger partial charge on any atom is -0.385 e. The van der Waals surface area contributed by atoms with Gasteiger partial charge >= 0.3 is 0 Å². The van der Waals surface area contributed by atoms with Crippen molar-refractivity contribution in [2.45, 2.75) is 68.7 Å². The topological polar surface area (TPSA) is 96.4 Å². The summed E-state index contributed by atoms with van der Waals surface area (Å²) < 4.78 is 27.0. The highest BCUT2D eigenvalue weighted by molar-refractivity contribution is 7.92. The zero-order valence-corrected chi connectivity index (χ0v) is 18.2. The molecular formula is C20H26N2O4S2. The summed E-state index contributed by atoms with van der Waals surface area (Å²) >= 11 is 0.857. The van der Waals surface area contributed by atoms with E-state index in [0.29, 0.717) is 10.8 Å². The molecule has 2 aromatic rings. The summed E-state index contributed by atoms with van der Waals surface area (Å²) in [7, 11) is -4.07. The number of benzene rings is 1. The number of sulfonamides is 1. The van der Waals surface area contributed by atoms with Crippen molar-refractivity contribution in [3.8, 4) is 0 Å². The van der Waals surface area contributed by atoms with E-state index >= 15 is 0 Å². The van der Waals surface area contributed by atoms with Gasteiger partial charge in [-0.15, -0.1) is 11.3 Å². The summed E-state index contributed by atoms with van der Waals surface area (Å²) in [6.45, 7) is 7.24. The third-order valence-corrected chi connectivity index (χ3v) is 7.87. The molecule has 1 heterocycles. The summed E-state index contributed by atoms with van der Waals surface area (Å²) in [5.41, 5.74) is 1.97. The standard InChI is InChI=1S/C20H26N2O4S2/c1-12(2)14-6-5-7-15(13-8-9-13)16(14)10-18(23)22-28(25,26)19-21-11-17(27-19)20(3,4)24/h5-7,11-13,24H,8-10H2,1-4H3,(H,22,23). The van der Waals surface area contributed by atoms with E-state index < -0.39 is 21.5 Å². The van der Waals surface area contributed by atoms with Crippen molar-refractivity contribution < 1.29 is 18.3 Å². The second-order valence-corrected chi connectivity index (χ2v) is 11.0. The fourth-order valence-corrected chi connectivity index (χ4v) is 5.33. The molecule has 1 aromatic heterocycles. The number of aromatic nitrogens is 1. The Kier molecular flexibility index (Phi) is 5.67. The van der Waals surface area contributed by atoms with Gasteiger partial charge in [-0.25, -0.2) is 9.71 Å². The molecule has 1 amide bonds. The van der Waals surface area contributed by atoms with E-state index in [1.165, 1.54) is 6.20 Å². The van der Waals surface area contributed by atoms with Crippen LogP contribution in [0.15, 0.2) is 28.7 Å². The number of nitrogens with one attached hydrogen (secondary N) is 1. The normalized spacial score (nSPS) is 15.1. The minimum absolute atomic E-state index is 0.0170. The number of rotatable bonds is 7. The first-order chi connectivity index (χ1) is 13.0. The van der Waals surface area contributed by atoms with Gasteiger partial charge in [-0.2, -0.15) is 8.42 Å². The number of carbonyl (C=O) groups excluding carboxylic acids is 1. The average Bonchev–Trinajstić information content (AvgIpc) is 3.27. The van der Waals surface area contributed by atoms with Crippen LogP contribution in [0.2, 0.25) is 0 Å². The van der Waals surface area contributed by atoms with Crippen molar-refractivity contribution in [1.82, 2.24) is 9.71 Å². The maximum Gasteiger partial charge on any atom is 0.291 e. The third kappa shape index (κ3) is 4.61. The van der Waals surface area contributed by atoms with Crippen LogP contribution >= 0.6 is 11.3 Å². The summed E-state index contributed by atoms with van der Waals surface area (Å²) in [6, 6.07) is 6.05. The molecule has 152 valence electrons.